The van der Waals surface area contributed by atoms with E-state index in [0.717, 1.165) is 37.4 Å². The first-order valence-corrected chi connectivity index (χ1v) is 10.8. The third-order valence-electron chi connectivity index (χ3n) is 5.40. The molecule has 1 aliphatic heterocycles. The van der Waals surface area contributed by atoms with Crippen molar-refractivity contribution in [2.24, 2.45) is 0 Å². The van der Waals surface area contributed by atoms with Gasteiger partial charge in [-0.15, -0.1) is 0 Å². The minimum atomic E-state index is -0.297. The van der Waals surface area contributed by atoms with Gasteiger partial charge in [0.2, 0.25) is 10.8 Å². The largest absolute Gasteiger partial charge is 0.492 e. The quantitative estimate of drug-likeness (QED) is 0.512. The number of anilines is 1. The van der Waals surface area contributed by atoms with Gasteiger partial charge in [0.25, 0.3) is 0 Å². The summed E-state index contributed by atoms with van der Waals surface area (Å²) >= 11 is 7.53. The zero-order valence-corrected chi connectivity index (χ0v) is 17.5. The highest BCUT2D eigenvalue weighted by Crippen LogP contribution is 2.40. The third kappa shape index (κ3) is 3.51. The number of halogens is 2. The molecule has 4 aromatic rings. The molecule has 1 fully saturated rings. The van der Waals surface area contributed by atoms with Gasteiger partial charge in [0.15, 0.2) is 0 Å². The van der Waals surface area contributed by atoms with Gasteiger partial charge < -0.3 is 10.0 Å². The fourth-order valence-electron chi connectivity index (χ4n) is 3.99. The second kappa shape index (κ2) is 7.86. The Bertz CT molecular complexity index is 1190. The van der Waals surface area contributed by atoms with Crippen LogP contribution in [-0.2, 0) is 0 Å². The van der Waals surface area contributed by atoms with E-state index in [4.69, 9.17) is 11.6 Å². The number of hydrogen-bond donors (Lipinski definition) is 1. The summed E-state index contributed by atoms with van der Waals surface area (Å²) in [7, 11) is 0. The van der Waals surface area contributed by atoms with E-state index >= 15 is 0 Å². The number of aromatic nitrogens is 3. The van der Waals surface area contributed by atoms with Gasteiger partial charge >= 0.3 is 0 Å². The van der Waals surface area contributed by atoms with Gasteiger partial charge in [-0.25, -0.2) is 9.37 Å². The van der Waals surface area contributed by atoms with Crippen molar-refractivity contribution in [3.05, 3.63) is 76.1 Å². The highest BCUT2D eigenvalue weighted by atomic mass is 35.5. The van der Waals surface area contributed by atoms with E-state index in [1.165, 1.54) is 34.3 Å². The predicted molar refractivity (Wildman–Crippen MR) is 116 cm³/mol. The molecule has 1 saturated heterocycles. The van der Waals surface area contributed by atoms with Gasteiger partial charge in [-0.05, 0) is 35.9 Å². The second-order valence-electron chi connectivity index (χ2n) is 7.20. The Kier molecular flexibility index (Phi) is 5.06. The number of aromatic hydroxyl groups is 1. The van der Waals surface area contributed by atoms with Crippen molar-refractivity contribution in [3.63, 3.8) is 0 Å². The van der Waals surface area contributed by atoms with Crippen LogP contribution in [0.15, 0.2) is 54.9 Å². The fraction of sp³-hybridized carbons (Fsp3) is 0.238. The van der Waals surface area contributed by atoms with Crippen molar-refractivity contribution in [3.8, 4) is 5.88 Å². The Morgan fingerprint density at radius 3 is 2.60 bits per heavy atom. The molecule has 154 valence electrons. The number of thiazole rings is 1. The first kappa shape index (κ1) is 19.3. The predicted octanol–water partition coefficient (Wildman–Crippen LogP) is 4.20. The molecule has 1 aliphatic rings. The number of rotatable bonds is 4. The van der Waals surface area contributed by atoms with Gasteiger partial charge in [0.05, 0.1) is 10.9 Å². The molecule has 0 unspecified atom stereocenters. The summed E-state index contributed by atoms with van der Waals surface area (Å²) in [6.45, 7) is 3.10. The monoisotopic (exact) mass is 443 g/mol. The standard InChI is InChI=1S/C21H19ClFN5OS/c22-15-4-2-6-17(12-15)26-7-9-27(10-8-26)18(14-3-1-5-16(23)11-14)19-20(29)28-21(30-19)24-13-25-28/h1-6,11-13,18,29H,7-10H2/t18-/m1/s1. The van der Waals surface area contributed by atoms with Crippen LogP contribution in [0.3, 0.4) is 0 Å². The second-order valence-corrected chi connectivity index (χ2v) is 8.65. The Labute approximate surface area is 181 Å². The molecule has 0 aliphatic carbocycles. The molecular formula is C21H19ClFN5OS. The average molecular weight is 444 g/mol. The van der Waals surface area contributed by atoms with Crippen LogP contribution >= 0.6 is 22.9 Å². The molecule has 0 spiro atoms. The van der Waals surface area contributed by atoms with E-state index < -0.39 is 0 Å². The van der Waals surface area contributed by atoms with Crippen LogP contribution in [0.1, 0.15) is 16.5 Å². The van der Waals surface area contributed by atoms with Gasteiger partial charge in [-0.2, -0.15) is 9.61 Å². The SMILES string of the molecule is Oc1c([C@@H](c2cccc(F)c2)N2CCN(c3cccc(Cl)c3)CC2)sc2ncnn12. The van der Waals surface area contributed by atoms with Crippen molar-refractivity contribution < 1.29 is 9.50 Å². The smallest absolute Gasteiger partial charge is 0.230 e. The molecule has 2 aromatic carbocycles. The lowest BCUT2D eigenvalue weighted by atomic mass is 10.0. The van der Waals surface area contributed by atoms with Crippen LogP contribution in [0.25, 0.3) is 4.96 Å². The van der Waals surface area contributed by atoms with Crippen LogP contribution < -0.4 is 4.90 Å². The lowest BCUT2D eigenvalue weighted by Crippen LogP contribution is -2.47. The Morgan fingerprint density at radius 1 is 1.07 bits per heavy atom. The van der Waals surface area contributed by atoms with Gasteiger partial charge in [-0.1, -0.05) is 41.1 Å². The lowest BCUT2D eigenvalue weighted by molar-refractivity contribution is 0.211. The summed E-state index contributed by atoms with van der Waals surface area (Å²) in [5.41, 5.74) is 1.89. The van der Waals surface area contributed by atoms with Crippen molar-refractivity contribution in [1.82, 2.24) is 19.5 Å². The van der Waals surface area contributed by atoms with E-state index in [1.807, 2.05) is 24.3 Å². The minimum absolute atomic E-state index is 0.0547. The molecule has 0 bridgehead atoms. The van der Waals surface area contributed by atoms with Gasteiger partial charge in [-0.3, -0.25) is 4.90 Å². The summed E-state index contributed by atoms with van der Waals surface area (Å²) in [6, 6.07) is 14.1. The Balaban J connectivity index is 1.47. The Morgan fingerprint density at radius 2 is 1.87 bits per heavy atom. The molecule has 1 atom stereocenters. The molecule has 30 heavy (non-hydrogen) atoms. The molecule has 1 N–H and O–H groups in total. The molecule has 5 rings (SSSR count). The van der Waals surface area contributed by atoms with E-state index in [2.05, 4.69) is 25.9 Å². The van der Waals surface area contributed by atoms with E-state index in [-0.39, 0.29) is 17.7 Å². The molecule has 0 amide bonds. The third-order valence-corrected chi connectivity index (χ3v) is 6.73. The topological polar surface area (TPSA) is 56.9 Å². The number of fused-ring (bicyclic) bond motifs is 1. The van der Waals surface area contributed by atoms with E-state index in [0.29, 0.717) is 14.9 Å². The van der Waals surface area contributed by atoms with Crippen LogP contribution in [0.2, 0.25) is 5.02 Å². The number of nitrogens with zero attached hydrogens (tertiary/aromatic N) is 5. The summed E-state index contributed by atoms with van der Waals surface area (Å²) < 4.78 is 15.5. The average Bonchev–Trinajstić information content (AvgIpc) is 3.32. The van der Waals surface area contributed by atoms with Crippen LogP contribution in [0, 0.1) is 5.82 Å². The summed E-state index contributed by atoms with van der Waals surface area (Å²) in [4.78, 5) is 10.1. The molecule has 0 radical (unpaired) electrons. The number of piperazine rings is 1. The van der Waals surface area contributed by atoms with Crippen molar-refractivity contribution in [2.75, 3.05) is 31.1 Å². The molecule has 3 heterocycles. The summed E-state index contributed by atoms with van der Waals surface area (Å²) in [6.07, 6.45) is 1.41. The van der Waals surface area contributed by atoms with Crippen LogP contribution in [-0.4, -0.2) is 50.8 Å². The first-order chi connectivity index (χ1) is 14.6. The number of hydrogen-bond acceptors (Lipinski definition) is 6. The van der Waals surface area contributed by atoms with Crippen molar-refractivity contribution >= 4 is 33.6 Å². The van der Waals surface area contributed by atoms with E-state index in [1.54, 1.807) is 6.07 Å². The van der Waals surface area contributed by atoms with Crippen molar-refractivity contribution in [2.45, 2.75) is 6.04 Å². The van der Waals surface area contributed by atoms with Crippen LogP contribution in [0.4, 0.5) is 10.1 Å². The lowest BCUT2D eigenvalue weighted by Gasteiger charge is -2.40. The highest BCUT2D eigenvalue weighted by Gasteiger charge is 2.31. The van der Waals surface area contributed by atoms with Crippen molar-refractivity contribution in [1.29, 1.82) is 0 Å². The molecule has 6 nitrogen and oxygen atoms in total. The Hall–Kier alpha value is -2.68. The highest BCUT2D eigenvalue weighted by molar-refractivity contribution is 7.17. The molecular weight excluding hydrogens is 425 g/mol. The molecule has 2 aromatic heterocycles. The maximum absolute atomic E-state index is 14.0. The zero-order valence-electron chi connectivity index (χ0n) is 15.9. The summed E-state index contributed by atoms with van der Waals surface area (Å²) in [5, 5.41) is 15.6. The zero-order chi connectivity index (χ0) is 20.7. The molecule has 0 saturated carbocycles. The molecule has 9 heteroatoms. The number of benzene rings is 2. The van der Waals surface area contributed by atoms with Crippen LogP contribution in [0.5, 0.6) is 5.88 Å². The fourth-order valence-corrected chi connectivity index (χ4v) is 5.26. The normalized spacial score (nSPS) is 16.3. The minimum Gasteiger partial charge on any atom is -0.492 e. The summed E-state index contributed by atoms with van der Waals surface area (Å²) in [5.74, 6) is -0.243. The van der Waals surface area contributed by atoms with E-state index in [9.17, 15) is 9.50 Å². The van der Waals surface area contributed by atoms with Gasteiger partial charge in [0, 0.05) is 36.9 Å². The first-order valence-electron chi connectivity index (χ1n) is 9.61. The maximum atomic E-state index is 14.0. The maximum Gasteiger partial charge on any atom is 0.230 e. The van der Waals surface area contributed by atoms with Gasteiger partial charge in [0.1, 0.15) is 12.1 Å².